The fourth-order valence-corrected chi connectivity index (χ4v) is 2.01. The molecule has 0 aliphatic heterocycles. The van der Waals surface area contributed by atoms with Crippen LogP contribution in [0.3, 0.4) is 0 Å². The normalized spacial score (nSPS) is 10.7. The topological polar surface area (TPSA) is 77.0 Å². The highest BCUT2D eigenvalue weighted by atomic mass is 16.5. The maximum atomic E-state index is 5.19. The van der Waals surface area contributed by atoms with Crippen molar-refractivity contribution in [3.8, 4) is 11.5 Å². The summed E-state index contributed by atoms with van der Waals surface area (Å²) in [5, 5.41) is 14.9. The molecule has 6 nitrogen and oxygen atoms in total. The monoisotopic (exact) mass is 270 g/mol. The summed E-state index contributed by atoms with van der Waals surface area (Å²) in [5.41, 5.74) is 3.84. The van der Waals surface area contributed by atoms with Gasteiger partial charge in [0.25, 0.3) is 0 Å². The highest BCUT2D eigenvalue weighted by Crippen LogP contribution is 2.21. The molecule has 1 aromatic carbocycles. The second-order valence-electron chi connectivity index (χ2n) is 4.48. The van der Waals surface area contributed by atoms with E-state index in [1.165, 1.54) is 6.39 Å². The minimum Gasteiger partial charge on any atom is -0.423 e. The molecule has 6 heteroatoms. The number of aromatic nitrogens is 3. The molecule has 3 aromatic rings. The van der Waals surface area contributed by atoms with Gasteiger partial charge in [0, 0.05) is 23.4 Å². The Labute approximate surface area is 115 Å². The van der Waals surface area contributed by atoms with E-state index in [0.29, 0.717) is 12.4 Å². The molecule has 0 saturated heterocycles. The molecule has 1 N–H and O–H groups in total. The molecule has 0 radical (unpaired) electrons. The molecular weight excluding hydrogens is 256 g/mol. The zero-order chi connectivity index (χ0) is 13.9. The summed E-state index contributed by atoms with van der Waals surface area (Å²) in [4.78, 5) is 0. The van der Waals surface area contributed by atoms with E-state index in [-0.39, 0.29) is 0 Å². The lowest BCUT2D eigenvalue weighted by molar-refractivity contribution is 0.392. The van der Waals surface area contributed by atoms with E-state index < -0.39 is 0 Å². The van der Waals surface area contributed by atoms with Crippen LogP contribution in [-0.2, 0) is 6.54 Å². The minimum atomic E-state index is 0.506. The minimum absolute atomic E-state index is 0.506. The summed E-state index contributed by atoms with van der Waals surface area (Å²) in [5.74, 6) is 1.34. The third-order valence-corrected chi connectivity index (χ3v) is 3.12. The molecule has 3 rings (SSSR count). The van der Waals surface area contributed by atoms with Crippen LogP contribution in [0.5, 0.6) is 0 Å². The van der Waals surface area contributed by atoms with E-state index in [1.807, 2.05) is 38.1 Å². The number of benzene rings is 1. The van der Waals surface area contributed by atoms with Crippen LogP contribution in [0.15, 0.2) is 39.6 Å². The van der Waals surface area contributed by atoms with Crippen molar-refractivity contribution in [2.24, 2.45) is 0 Å². The third kappa shape index (κ3) is 2.40. The lowest BCUT2D eigenvalue weighted by Crippen LogP contribution is -2.01. The number of rotatable bonds is 4. The highest BCUT2D eigenvalue weighted by Gasteiger charge is 2.09. The van der Waals surface area contributed by atoms with Gasteiger partial charge in [0.05, 0.1) is 5.69 Å². The molecule has 0 spiro atoms. The predicted octanol–water partition coefficient (Wildman–Crippen LogP) is 2.95. The molecular formula is C14H14N4O2. The Bertz CT molecular complexity index is 684. The average Bonchev–Trinajstić information content (AvgIpc) is 3.09. The number of nitrogens with zero attached hydrogens (tertiary/aromatic N) is 3. The molecule has 0 bridgehead atoms. The van der Waals surface area contributed by atoms with Crippen molar-refractivity contribution >= 4 is 5.69 Å². The van der Waals surface area contributed by atoms with Gasteiger partial charge in [0.15, 0.2) is 0 Å². The SMILES string of the molecule is Cc1noc(C)c1CNc1cccc(-c2nnco2)c1. The second-order valence-corrected chi connectivity index (χ2v) is 4.48. The van der Waals surface area contributed by atoms with Crippen LogP contribution in [0.2, 0.25) is 0 Å². The Balaban J connectivity index is 1.77. The first-order valence-corrected chi connectivity index (χ1v) is 6.26. The predicted molar refractivity (Wildman–Crippen MR) is 73.0 cm³/mol. The van der Waals surface area contributed by atoms with Crippen molar-refractivity contribution in [2.75, 3.05) is 5.32 Å². The van der Waals surface area contributed by atoms with E-state index >= 15 is 0 Å². The van der Waals surface area contributed by atoms with Crippen molar-refractivity contribution in [1.82, 2.24) is 15.4 Å². The molecule has 2 heterocycles. The van der Waals surface area contributed by atoms with Gasteiger partial charge in [-0.2, -0.15) is 0 Å². The lowest BCUT2D eigenvalue weighted by atomic mass is 10.1. The van der Waals surface area contributed by atoms with Gasteiger partial charge in [-0.3, -0.25) is 0 Å². The van der Waals surface area contributed by atoms with Crippen LogP contribution in [0.1, 0.15) is 17.0 Å². The molecule has 102 valence electrons. The van der Waals surface area contributed by atoms with Gasteiger partial charge >= 0.3 is 0 Å². The van der Waals surface area contributed by atoms with Crippen LogP contribution in [0, 0.1) is 13.8 Å². The molecule has 0 fully saturated rings. The Kier molecular flexibility index (Phi) is 3.20. The van der Waals surface area contributed by atoms with Gasteiger partial charge in [-0.15, -0.1) is 10.2 Å². The summed E-state index contributed by atoms with van der Waals surface area (Å²) < 4.78 is 10.3. The Hall–Kier alpha value is -2.63. The maximum absolute atomic E-state index is 5.19. The molecule has 0 amide bonds. The van der Waals surface area contributed by atoms with E-state index in [2.05, 4.69) is 20.7 Å². The van der Waals surface area contributed by atoms with Gasteiger partial charge in [-0.05, 0) is 32.0 Å². The first-order valence-electron chi connectivity index (χ1n) is 6.26. The van der Waals surface area contributed by atoms with Crippen molar-refractivity contribution < 1.29 is 8.94 Å². The summed E-state index contributed by atoms with van der Waals surface area (Å²) in [6, 6.07) is 7.81. The van der Waals surface area contributed by atoms with Crippen molar-refractivity contribution in [1.29, 1.82) is 0 Å². The summed E-state index contributed by atoms with van der Waals surface area (Å²) in [6.07, 6.45) is 1.32. The summed E-state index contributed by atoms with van der Waals surface area (Å²) in [6.45, 7) is 4.50. The first kappa shape index (κ1) is 12.4. The molecule has 0 aliphatic rings. The van der Waals surface area contributed by atoms with Gasteiger partial charge in [0.1, 0.15) is 5.76 Å². The van der Waals surface area contributed by atoms with Crippen LogP contribution in [-0.4, -0.2) is 15.4 Å². The zero-order valence-electron chi connectivity index (χ0n) is 11.3. The van der Waals surface area contributed by atoms with Crippen LogP contribution < -0.4 is 5.32 Å². The van der Waals surface area contributed by atoms with Crippen LogP contribution in [0.4, 0.5) is 5.69 Å². The number of hydrogen-bond acceptors (Lipinski definition) is 6. The van der Waals surface area contributed by atoms with Crippen molar-refractivity contribution in [2.45, 2.75) is 20.4 Å². The quantitative estimate of drug-likeness (QED) is 0.785. The number of anilines is 1. The molecule has 0 saturated carbocycles. The molecule has 0 atom stereocenters. The Morgan fingerprint density at radius 1 is 1.25 bits per heavy atom. The Morgan fingerprint density at radius 3 is 2.85 bits per heavy atom. The fourth-order valence-electron chi connectivity index (χ4n) is 2.01. The van der Waals surface area contributed by atoms with Crippen molar-refractivity contribution in [3.05, 3.63) is 47.7 Å². The van der Waals surface area contributed by atoms with Gasteiger partial charge in [-0.25, -0.2) is 0 Å². The maximum Gasteiger partial charge on any atom is 0.247 e. The zero-order valence-corrected chi connectivity index (χ0v) is 11.3. The van der Waals surface area contributed by atoms with Crippen LogP contribution >= 0.6 is 0 Å². The largest absolute Gasteiger partial charge is 0.423 e. The molecule has 2 aromatic heterocycles. The molecule has 20 heavy (non-hydrogen) atoms. The fraction of sp³-hybridized carbons (Fsp3) is 0.214. The van der Waals surface area contributed by atoms with Crippen LogP contribution in [0.25, 0.3) is 11.5 Å². The standard InChI is InChI=1S/C14H14N4O2/c1-9-13(10(2)20-18-9)7-15-12-5-3-4-11(6-12)14-17-16-8-19-14/h3-6,8,15H,7H2,1-2H3. The van der Waals surface area contributed by atoms with E-state index in [0.717, 1.165) is 28.3 Å². The Morgan fingerprint density at radius 2 is 2.15 bits per heavy atom. The number of hydrogen-bond donors (Lipinski definition) is 1. The van der Waals surface area contributed by atoms with Crippen molar-refractivity contribution in [3.63, 3.8) is 0 Å². The number of nitrogens with one attached hydrogen (secondary N) is 1. The van der Waals surface area contributed by atoms with Gasteiger partial charge in [-0.1, -0.05) is 11.2 Å². The van der Waals surface area contributed by atoms with Gasteiger partial charge in [0.2, 0.25) is 12.3 Å². The third-order valence-electron chi connectivity index (χ3n) is 3.12. The summed E-state index contributed by atoms with van der Waals surface area (Å²) >= 11 is 0. The summed E-state index contributed by atoms with van der Waals surface area (Å²) in [7, 11) is 0. The van der Waals surface area contributed by atoms with E-state index in [9.17, 15) is 0 Å². The molecule has 0 unspecified atom stereocenters. The average molecular weight is 270 g/mol. The number of aryl methyl sites for hydroxylation is 2. The molecule has 0 aliphatic carbocycles. The first-order chi connectivity index (χ1) is 9.74. The highest BCUT2D eigenvalue weighted by molar-refractivity contribution is 5.61. The smallest absolute Gasteiger partial charge is 0.247 e. The van der Waals surface area contributed by atoms with E-state index in [4.69, 9.17) is 8.94 Å². The lowest BCUT2D eigenvalue weighted by Gasteiger charge is -2.06. The van der Waals surface area contributed by atoms with E-state index in [1.54, 1.807) is 0 Å². The second kappa shape index (κ2) is 5.16. The van der Waals surface area contributed by atoms with Gasteiger partial charge < -0.3 is 14.3 Å².